The lowest BCUT2D eigenvalue weighted by molar-refractivity contribution is -0.384. The first-order valence-electron chi connectivity index (χ1n) is 7.03. The molecule has 0 saturated carbocycles. The molecule has 1 atom stereocenters. The lowest BCUT2D eigenvalue weighted by atomic mass is 9.88. The highest BCUT2D eigenvalue weighted by Gasteiger charge is 2.47. The number of amides is 1. The molecule has 3 rings (SSSR count). The zero-order valence-corrected chi connectivity index (χ0v) is 14.0. The number of fused-ring (bicyclic) bond motifs is 1. The van der Waals surface area contributed by atoms with E-state index in [-0.39, 0.29) is 32.5 Å². The maximum absolute atomic E-state index is 12.5. The minimum absolute atomic E-state index is 0.0111. The summed E-state index contributed by atoms with van der Waals surface area (Å²) in [6, 6.07) is 7.80. The Balaban J connectivity index is 1.98. The van der Waals surface area contributed by atoms with Crippen LogP contribution in [0.25, 0.3) is 0 Å². The number of hydrogen-bond donors (Lipinski definition) is 2. The van der Waals surface area contributed by atoms with Gasteiger partial charge in [0, 0.05) is 28.3 Å². The van der Waals surface area contributed by atoms with E-state index in [0.717, 1.165) is 6.07 Å². The molecule has 2 aromatic rings. The predicted octanol–water partition coefficient (Wildman–Crippen LogP) is 3.31. The molecule has 2 aromatic carbocycles. The van der Waals surface area contributed by atoms with Gasteiger partial charge in [-0.1, -0.05) is 35.3 Å². The van der Waals surface area contributed by atoms with Crippen LogP contribution < -0.4 is 5.32 Å². The summed E-state index contributed by atoms with van der Waals surface area (Å²) in [5, 5.41) is 24.4. The molecule has 1 aliphatic heterocycles. The fraction of sp³-hybridized carbons (Fsp3) is 0.125. The molecule has 1 heterocycles. The van der Waals surface area contributed by atoms with Crippen LogP contribution in [-0.2, 0) is 10.4 Å². The summed E-state index contributed by atoms with van der Waals surface area (Å²) in [5.74, 6) is -1.45. The van der Waals surface area contributed by atoms with E-state index >= 15 is 0 Å². The second kappa shape index (κ2) is 6.11. The van der Waals surface area contributed by atoms with E-state index in [1.54, 1.807) is 0 Å². The molecule has 2 N–H and O–H groups in total. The molecule has 1 aliphatic rings. The molecule has 0 spiro atoms. The number of nitrogens with zero attached hydrogens (tertiary/aromatic N) is 1. The molecule has 128 valence electrons. The topological polar surface area (TPSA) is 110 Å². The number of benzene rings is 2. The Labute approximate surface area is 151 Å². The van der Waals surface area contributed by atoms with Crippen molar-refractivity contribution in [2.24, 2.45) is 0 Å². The fourth-order valence-corrected chi connectivity index (χ4v) is 3.21. The third-order valence-corrected chi connectivity index (χ3v) is 4.43. The summed E-state index contributed by atoms with van der Waals surface area (Å²) in [4.78, 5) is 34.9. The highest BCUT2D eigenvalue weighted by atomic mass is 35.5. The van der Waals surface area contributed by atoms with E-state index in [1.165, 1.54) is 30.3 Å². The van der Waals surface area contributed by atoms with Crippen LogP contribution in [0.1, 0.15) is 22.3 Å². The molecular formula is C16H10Cl2N2O5. The van der Waals surface area contributed by atoms with Crippen molar-refractivity contribution in [1.82, 2.24) is 0 Å². The summed E-state index contributed by atoms with van der Waals surface area (Å²) in [7, 11) is 0. The normalized spacial score (nSPS) is 18.6. The Morgan fingerprint density at radius 1 is 1.28 bits per heavy atom. The Morgan fingerprint density at radius 2 is 2.00 bits per heavy atom. The largest absolute Gasteiger partial charge is 0.375 e. The van der Waals surface area contributed by atoms with E-state index < -0.39 is 28.6 Å². The van der Waals surface area contributed by atoms with Crippen molar-refractivity contribution in [2.45, 2.75) is 12.0 Å². The highest BCUT2D eigenvalue weighted by molar-refractivity contribution is 6.37. The van der Waals surface area contributed by atoms with Gasteiger partial charge in [-0.3, -0.25) is 19.7 Å². The summed E-state index contributed by atoms with van der Waals surface area (Å²) in [5.41, 5.74) is -2.14. The fourth-order valence-electron chi connectivity index (χ4n) is 2.67. The second-order valence-electron chi connectivity index (χ2n) is 5.53. The van der Waals surface area contributed by atoms with Crippen LogP contribution in [0.15, 0.2) is 36.4 Å². The number of non-ortho nitro benzene ring substituents is 1. The molecule has 0 radical (unpaired) electrons. The summed E-state index contributed by atoms with van der Waals surface area (Å²) < 4.78 is 0. The Bertz CT molecular complexity index is 931. The number of carbonyl (C=O) groups is 2. The minimum Gasteiger partial charge on any atom is -0.375 e. The Morgan fingerprint density at radius 3 is 2.68 bits per heavy atom. The maximum atomic E-state index is 12.5. The number of anilines is 1. The third kappa shape index (κ3) is 2.97. The molecule has 9 heteroatoms. The average Bonchev–Trinajstić information content (AvgIpc) is 2.80. The van der Waals surface area contributed by atoms with Crippen LogP contribution in [-0.4, -0.2) is 21.7 Å². The predicted molar refractivity (Wildman–Crippen MR) is 91.0 cm³/mol. The minimum atomic E-state index is -2.16. The monoisotopic (exact) mass is 380 g/mol. The average molecular weight is 381 g/mol. The van der Waals surface area contributed by atoms with Crippen LogP contribution >= 0.6 is 23.2 Å². The number of ketones is 1. The molecule has 0 aliphatic carbocycles. The van der Waals surface area contributed by atoms with Gasteiger partial charge < -0.3 is 10.4 Å². The van der Waals surface area contributed by atoms with Crippen molar-refractivity contribution in [3.8, 4) is 0 Å². The zero-order chi connectivity index (χ0) is 18.4. The number of halogens is 2. The third-order valence-electron chi connectivity index (χ3n) is 3.91. The number of aliphatic hydroxyl groups is 1. The lowest BCUT2D eigenvalue weighted by Gasteiger charge is -2.20. The van der Waals surface area contributed by atoms with Crippen LogP contribution in [0.4, 0.5) is 11.4 Å². The number of Topliss-reactive ketones (excluding diaryl/α,β-unsaturated/α-hetero) is 1. The number of hydrogen-bond acceptors (Lipinski definition) is 5. The van der Waals surface area contributed by atoms with Crippen LogP contribution in [0, 0.1) is 10.1 Å². The molecule has 0 aromatic heterocycles. The van der Waals surface area contributed by atoms with Crippen molar-refractivity contribution >= 4 is 46.3 Å². The first-order chi connectivity index (χ1) is 11.7. The SMILES string of the molecule is O=C(C[C@]1(O)C(=O)Nc2c(Cl)cc(Cl)cc21)c1cccc([N+](=O)[O-])c1. The van der Waals surface area contributed by atoms with Gasteiger partial charge in [0.15, 0.2) is 11.4 Å². The lowest BCUT2D eigenvalue weighted by Crippen LogP contribution is -2.36. The summed E-state index contributed by atoms with van der Waals surface area (Å²) in [6.45, 7) is 0. The number of carbonyl (C=O) groups excluding carboxylic acids is 2. The standard InChI is InChI=1S/C16H10Cl2N2O5/c17-9-5-11-14(12(18)6-9)19-15(22)16(11,23)7-13(21)8-2-1-3-10(4-8)20(24)25/h1-6,23H,7H2,(H,19,22)/t16-/m1/s1. The zero-order valence-electron chi connectivity index (χ0n) is 12.5. The van der Waals surface area contributed by atoms with Crippen molar-refractivity contribution < 1.29 is 19.6 Å². The van der Waals surface area contributed by atoms with Crippen molar-refractivity contribution in [3.63, 3.8) is 0 Å². The molecule has 0 fully saturated rings. The van der Waals surface area contributed by atoms with E-state index in [4.69, 9.17) is 23.2 Å². The Kier molecular flexibility index (Phi) is 4.24. The van der Waals surface area contributed by atoms with Gasteiger partial charge in [-0.2, -0.15) is 0 Å². The number of rotatable bonds is 4. The van der Waals surface area contributed by atoms with E-state index in [0.29, 0.717) is 0 Å². The van der Waals surface area contributed by atoms with E-state index in [2.05, 4.69) is 5.32 Å². The quantitative estimate of drug-likeness (QED) is 0.480. The van der Waals surface area contributed by atoms with Crippen molar-refractivity contribution in [1.29, 1.82) is 0 Å². The second-order valence-corrected chi connectivity index (χ2v) is 6.38. The van der Waals surface area contributed by atoms with Gasteiger partial charge in [0.05, 0.1) is 22.1 Å². The first-order valence-corrected chi connectivity index (χ1v) is 7.79. The highest BCUT2D eigenvalue weighted by Crippen LogP contribution is 2.44. The van der Waals surface area contributed by atoms with Crippen LogP contribution in [0.2, 0.25) is 10.0 Å². The summed E-state index contributed by atoms with van der Waals surface area (Å²) in [6.07, 6.45) is -0.607. The van der Waals surface area contributed by atoms with Gasteiger partial charge in [0.1, 0.15) is 0 Å². The van der Waals surface area contributed by atoms with Crippen LogP contribution in [0.5, 0.6) is 0 Å². The van der Waals surface area contributed by atoms with Gasteiger partial charge in [-0.05, 0) is 12.1 Å². The molecule has 7 nitrogen and oxygen atoms in total. The molecule has 0 saturated heterocycles. The van der Waals surface area contributed by atoms with Gasteiger partial charge in [0.2, 0.25) is 0 Å². The first kappa shape index (κ1) is 17.3. The van der Waals surface area contributed by atoms with Gasteiger partial charge >= 0.3 is 0 Å². The molecule has 1 amide bonds. The molecular weight excluding hydrogens is 371 g/mol. The van der Waals surface area contributed by atoms with Gasteiger partial charge in [0.25, 0.3) is 11.6 Å². The number of nitro benzene ring substituents is 1. The molecule has 0 unspecified atom stereocenters. The van der Waals surface area contributed by atoms with Crippen LogP contribution in [0.3, 0.4) is 0 Å². The Hall–Kier alpha value is -2.48. The molecule has 25 heavy (non-hydrogen) atoms. The van der Waals surface area contributed by atoms with E-state index in [9.17, 15) is 24.8 Å². The number of nitro groups is 1. The smallest absolute Gasteiger partial charge is 0.270 e. The number of nitrogens with one attached hydrogen (secondary N) is 1. The van der Waals surface area contributed by atoms with E-state index in [1.807, 2.05) is 0 Å². The molecule has 0 bridgehead atoms. The van der Waals surface area contributed by atoms with Crippen molar-refractivity contribution in [3.05, 3.63) is 67.7 Å². The maximum Gasteiger partial charge on any atom is 0.270 e. The van der Waals surface area contributed by atoms with Gasteiger partial charge in [-0.25, -0.2) is 0 Å². The van der Waals surface area contributed by atoms with Crippen molar-refractivity contribution in [2.75, 3.05) is 5.32 Å². The summed E-state index contributed by atoms with van der Waals surface area (Å²) >= 11 is 11.9. The van der Waals surface area contributed by atoms with Gasteiger partial charge in [-0.15, -0.1) is 0 Å².